The first-order valence-corrected chi connectivity index (χ1v) is 11.1. The molecule has 1 saturated heterocycles. The molecule has 0 radical (unpaired) electrons. The van der Waals surface area contributed by atoms with E-state index in [1.54, 1.807) is 0 Å². The second-order valence-electron chi connectivity index (χ2n) is 9.24. The number of amides is 1. The minimum absolute atomic E-state index is 0.216. The number of benzene rings is 1. The predicted molar refractivity (Wildman–Crippen MR) is 116 cm³/mol. The molecule has 4 rings (SSSR count). The van der Waals surface area contributed by atoms with E-state index >= 15 is 0 Å². The summed E-state index contributed by atoms with van der Waals surface area (Å²) in [6.45, 7) is 9.97. The summed E-state index contributed by atoms with van der Waals surface area (Å²) in [4.78, 5) is 17.4. The van der Waals surface area contributed by atoms with Gasteiger partial charge in [-0.3, -0.25) is 4.79 Å². The van der Waals surface area contributed by atoms with Crippen LogP contribution < -0.4 is 4.90 Å². The molecule has 0 atom stereocenters. The number of carbonyl (C=O) groups is 1. The number of piperidine rings is 1. The lowest BCUT2D eigenvalue weighted by molar-refractivity contribution is -0.133. The maximum atomic E-state index is 13.0. The van der Waals surface area contributed by atoms with E-state index in [9.17, 15) is 4.79 Å². The molecule has 0 unspecified atom stereocenters. The van der Waals surface area contributed by atoms with Gasteiger partial charge >= 0.3 is 0 Å². The van der Waals surface area contributed by atoms with Crippen LogP contribution in [0.5, 0.6) is 0 Å². The van der Waals surface area contributed by atoms with E-state index in [0.29, 0.717) is 12.5 Å². The van der Waals surface area contributed by atoms with Crippen LogP contribution in [-0.2, 0) is 11.3 Å². The normalized spacial score (nSPS) is 17.7. The number of aromatic nitrogens is 1. The van der Waals surface area contributed by atoms with Crippen LogP contribution in [0.1, 0.15) is 52.0 Å². The summed E-state index contributed by atoms with van der Waals surface area (Å²) in [6, 6.07) is 10.2. The highest BCUT2D eigenvalue weighted by atomic mass is 16.5. The molecule has 2 aromatic rings. The molecular formula is C24H33N3O2. The fraction of sp³-hybridized carbons (Fsp3) is 0.583. The third-order valence-corrected chi connectivity index (χ3v) is 6.06. The molecule has 156 valence electrons. The zero-order chi connectivity index (χ0) is 20.4. The van der Waals surface area contributed by atoms with Crippen LogP contribution in [-0.4, -0.2) is 35.6 Å². The average Bonchev–Trinajstić information content (AvgIpc) is 3.49. The van der Waals surface area contributed by atoms with E-state index in [4.69, 9.17) is 4.52 Å². The molecule has 29 heavy (non-hydrogen) atoms. The van der Waals surface area contributed by atoms with Crippen molar-refractivity contribution in [1.29, 1.82) is 0 Å². The maximum Gasteiger partial charge on any atom is 0.232 e. The second-order valence-corrected chi connectivity index (χ2v) is 9.24. The van der Waals surface area contributed by atoms with Crippen molar-refractivity contribution in [2.24, 2.45) is 17.8 Å². The van der Waals surface area contributed by atoms with E-state index in [1.807, 2.05) is 23.1 Å². The van der Waals surface area contributed by atoms with Crippen LogP contribution >= 0.6 is 0 Å². The molecule has 2 heterocycles. The lowest BCUT2D eigenvalue weighted by atomic mass is 9.98. The van der Waals surface area contributed by atoms with Gasteiger partial charge in [-0.1, -0.05) is 56.3 Å². The highest BCUT2D eigenvalue weighted by Crippen LogP contribution is 2.37. The van der Waals surface area contributed by atoms with Crippen molar-refractivity contribution in [3.63, 3.8) is 0 Å². The quantitative estimate of drug-likeness (QED) is 0.664. The fourth-order valence-corrected chi connectivity index (χ4v) is 4.18. The highest BCUT2D eigenvalue weighted by molar-refractivity contribution is 5.81. The Morgan fingerprint density at radius 2 is 1.86 bits per heavy atom. The van der Waals surface area contributed by atoms with Crippen molar-refractivity contribution in [2.45, 2.75) is 53.0 Å². The number of hydrogen-bond donors (Lipinski definition) is 0. The van der Waals surface area contributed by atoms with Crippen molar-refractivity contribution in [1.82, 2.24) is 10.1 Å². The van der Waals surface area contributed by atoms with Crippen molar-refractivity contribution in [2.75, 3.05) is 24.5 Å². The van der Waals surface area contributed by atoms with Gasteiger partial charge in [-0.25, -0.2) is 0 Å². The Morgan fingerprint density at radius 1 is 1.17 bits per heavy atom. The number of rotatable bonds is 7. The number of hydrogen-bond acceptors (Lipinski definition) is 4. The summed E-state index contributed by atoms with van der Waals surface area (Å²) in [5, 5.41) is 4.48. The Balaban J connectivity index is 1.68. The minimum Gasteiger partial charge on any atom is -0.340 e. The first kappa shape index (κ1) is 20.0. The van der Waals surface area contributed by atoms with Gasteiger partial charge in [0.05, 0.1) is 12.1 Å². The van der Waals surface area contributed by atoms with Gasteiger partial charge in [0.25, 0.3) is 0 Å². The van der Waals surface area contributed by atoms with Crippen molar-refractivity contribution < 1.29 is 9.32 Å². The number of anilines is 1. The van der Waals surface area contributed by atoms with Crippen LogP contribution in [0, 0.1) is 17.8 Å². The van der Waals surface area contributed by atoms with Crippen LogP contribution in [0.25, 0.3) is 11.3 Å². The zero-order valence-corrected chi connectivity index (χ0v) is 17.9. The lowest BCUT2D eigenvalue weighted by Crippen LogP contribution is -2.36. The van der Waals surface area contributed by atoms with Gasteiger partial charge in [0.1, 0.15) is 5.69 Å². The van der Waals surface area contributed by atoms with Crippen LogP contribution in [0.2, 0.25) is 0 Å². The van der Waals surface area contributed by atoms with Crippen LogP contribution in [0.3, 0.4) is 0 Å². The molecule has 2 aliphatic rings. The van der Waals surface area contributed by atoms with Crippen molar-refractivity contribution >= 4 is 11.8 Å². The zero-order valence-electron chi connectivity index (χ0n) is 17.9. The Bertz CT molecular complexity index is 818. The SMILES string of the molecule is CC(C)CN(Cc1c(-c2ccccc2)noc1N1CCC(C)CC1)C(=O)C1CC1. The van der Waals surface area contributed by atoms with Gasteiger partial charge in [0, 0.05) is 31.1 Å². The van der Waals surface area contributed by atoms with Gasteiger partial charge in [0.15, 0.2) is 0 Å². The maximum absolute atomic E-state index is 13.0. The van der Waals surface area contributed by atoms with Crippen LogP contribution in [0.4, 0.5) is 5.88 Å². The smallest absolute Gasteiger partial charge is 0.232 e. The molecule has 1 saturated carbocycles. The highest BCUT2D eigenvalue weighted by Gasteiger charge is 2.35. The molecule has 0 bridgehead atoms. The summed E-state index contributed by atoms with van der Waals surface area (Å²) >= 11 is 0. The van der Waals surface area contributed by atoms with E-state index in [1.165, 1.54) is 0 Å². The van der Waals surface area contributed by atoms with Crippen LogP contribution in [0.15, 0.2) is 34.9 Å². The average molecular weight is 396 g/mol. The van der Waals surface area contributed by atoms with Crippen molar-refractivity contribution in [3.05, 3.63) is 35.9 Å². The van der Waals surface area contributed by atoms with Gasteiger partial charge in [-0.2, -0.15) is 0 Å². The Labute approximate surface area is 174 Å². The minimum atomic E-state index is 0.216. The fourth-order valence-electron chi connectivity index (χ4n) is 4.18. The summed E-state index contributed by atoms with van der Waals surface area (Å²) < 4.78 is 5.92. The Morgan fingerprint density at radius 3 is 2.48 bits per heavy atom. The topological polar surface area (TPSA) is 49.6 Å². The summed E-state index contributed by atoms with van der Waals surface area (Å²) in [5.41, 5.74) is 2.98. The molecule has 1 aromatic carbocycles. The summed E-state index contributed by atoms with van der Waals surface area (Å²) in [6.07, 6.45) is 4.38. The summed E-state index contributed by atoms with van der Waals surface area (Å²) in [7, 11) is 0. The Hall–Kier alpha value is -2.30. The van der Waals surface area contributed by atoms with Gasteiger partial charge in [0.2, 0.25) is 11.8 Å². The molecule has 2 fully saturated rings. The largest absolute Gasteiger partial charge is 0.340 e. The molecular weight excluding hydrogens is 362 g/mol. The molecule has 1 amide bonds. The predicted octanol–water partition coefficient (Wildman–Crippen LogP) is 4.97. The van der Waals surface area contributed by atoms with Gasteiger partial charge in [-0.05, 0) is 37.5 Å². The molecule has 0 spiro atoms. The second kappa shape index (κ2) is 8.60. The van der Waals surface area contributed by atoms with Gasteiger partial charge < -0.3 is 14.3 Å². The lowest BCUT2D eigenvalue weighted by Gasteiger charge is -2.31. The first-order chi connectivity index (χ1) is 14.0. The van der Waals surface area contributed by atoms with E-state index < -0.39 is 0 Å². The summed E-state index contributed by atoms with van der Waals surface area (Å²) in [5.74, 6) is 2.54. The number of nitrogens with zero attached hydrogens (tertiary/aromatic N) is 3. The standard InChI is InChI=1S/C24H33N3O2/c1-17(2)15-27(23(28)20-9-10-20)16-21-22(19-7-5-4-6-8-19)25-29-24(21)26-13-11-18(3)12-14-26/h4-8,17-18,20H,9-16H2,1-3H3. The molecule has 0 N–H and O–H groups in total. The molecule has 1 aromatic heterocycles. The van der Waals surface area contributed by atoms with E-state index in [-0.39, 0.29) is 11.8 Å². The van der Waals surface area contributed by atoms with E-state index in [2.05, 4.69) is 43.0 Å². The Kier molecular flexibility index (Phi) is 5.93. The number of carbonyl (C=O) groups excluding carboxylic acids is 1. The first-order valence-electron chi connectivity index (χ1n) is 11.1. The molecule has 5 nitrogen and oxygen atoms in total. The third kappa shape index (κ3) is 4.65. The molecule has 5 heteroatoms. The van der Waals surface area contributed by atoms with E-state index in [0.717, 1.165) is 73.9 Å². The van der Waals surface area contributed by atoms with Crippen molar-refractivity contribution in [3.8, 4) is 11.3 Å². The molecule has 1 aliphatic carbocycles. The monoisotopic (exact) mass is 395 g/mol. The van der Waals surface area contributed by atoms with Gasteiger partial charge in [-0.15, -0.1) is 0 Å². The molecule has 1 aliphatic heterocycles. The third-order valence-electron chi connectivity index (χ3n) is 6.06.